The van der Waals surface area contributed by atoms with E-state index in [2.05, 4.69) is 10.6 Å². The molecule has 0 spiro atoms. The number of hydrogen-bond acceptors (Lipinski definition) is 4. The van der Waals surface area contributed by atoms with Gasteiger partial charge in [-0.05, 0) is 18.2 Å². The first kappa shape index (κ1) is 15.0. The summed E-state index contributed by atoms with van der Waals surface area (Å²) in [5.74, 6) is 1.03. The SMILES string of the molecule is COc1ccc(Cl)cc1NC(=O)C[C@H]1SCCNC1=O. The molecule has 108 valence electrons. The van der Waals surface area contributed by atoms with Gasteiger partial charge in [0, 0.05) is 23.7 Å². The molecule has 0 aliphatic carbocycles. The molecule has 20 heavy (non-hydrogen) atoms. The normalized spacial score (nSPS) is 18.3. The summed E-state index contributed by atoms with van der Waals surface area (Å²) in [5.41, 5.74) is 0.506. The van der Waals surface area contributed by atoms with Crippen LogP contribution in [0.15, 0.2) is 18.2 Å². The average molecular weight is 315 g/mol. The maximum absolute atomic E-state index is 12.0. The van der Waals surface area contributed by atoms with Crippen molar-refractivity contribution in [2.45, 2.75) is 11.7 Å². The Morgan fingerprint density at radius 2 is 2.40 bits per heavy atom. The van der Waals surface area contributed by atoms with Gasteiger partial charge in [0.25, 0.3) is 0 Å². The number of ether oxygens (including phenoxy) is 1. The van der Waals surface area contributed by atoms with Gasteiger partial charge < -0.3 is 15.4 Å². The van der Waals surface area contributed by atoms with Crippen molar-refractivity contribution in [3.05, 3.63) is 23.2 Å². The molecule has 5 nitrogen and oxygen atoms in total. The van der Waals surface area contributed by atoms with Crippen molar-refractivity contribution in [1.29, 1.82) is 0 Å². The monoisotopic (exact) mass is 314 g/mol. The maximum atomic E-state index is 12.0. The summed E-state index contributed by atoms with van der Waals surface area (Å²) in [6, 6.07) is 4.98. The quantitative estimate of drug-likeness (QED) is 0.891. The summed E-state index contributed by atoms with van der Waals surface area (Å²) in [7, 11) is 1.52. The van der Waals surface area contributed by atoms with Crippen LogP contribution in [0, 0.1) is 0 Å². The first-order chi connectivity index (χ1) is 9.60. The maximum Gasteiger partial charge on any atom is 0.233 e. The van der Waals surface area contributed by atoms with Gasteiger partial charge >= 0.3 is 0 Å². The smallest absolute Gasteiger partial charge is 0.233 e. The molecule has 0 saturated carbocycles. The van der Waals surface area contributed by atoms with E-state index in [1.165, 1.54) is 18.9 Å². The van der Waals surface area contributed by atoms with Gasteiger partial charge in [-0.1, -0.05) is 11.6 Å². The predicted molar refractivity (Wildman–Crippen MR) is 80.5 cm³/mol. The van der Waals surface area contributed by atoms with Crippen LogP contribution in [0.5, 0.6) is 5.75 Å². The van der Waals surface area contributed by atoms with Crippen LogP contribution >= 0.6 is 23.4 Å². The van der Waals surface area contributed by atoms with Gasteiger partial charge in [-0.3, -0.25) is 9.59 Å². The van der Waals surface area contributed by atoms with Gasteiger partial charge in [0.15, 0.2) is 0 Å². The Balaban J connectivity index is 2.00. The molecule has 1 aromatic rings. The van der Waals surface area contributed by atoms with E-state index in [1.807, 2.05) is 0 Å². The fourth-order valence-corrected chi connectivity index (χ4v) is 3.04. The topological polar surface area (TPSA) is 67.4 Å². The average Bonchev–Trinajstić information content (AvgIpc) is 2.41. The first-order valence-electron chi connectivity index (χ1n) is 6.13. The molecule has 1 fully saturated rings. The zero-order chi connectivity index (χ0) is 14.5. The highest BCUT2D eigenvalue weighted by Gasteiger charge is 2.25. The number of benzene rings is 1. The van der Waals surface area contributed by atoms with Crippen molar-refractivity contribution >= 4 is 40.9 Å². The lowest BCUT2D eigenvalue weighted by Crippen LogP contribution is -2.40. The number of hydrogen-bond donors (Lipinski definition) is 2. The Kier molecular flexibility index (Phi) is 5.14. The lowest BCUT2D eigenvalue weighted by Gasteiger charge is -2.21. The highest BCUT2D eigenvalue weighted by atomic mass is 35.5. The summed E-state index contributed by atoms with van der Waals surface area (Å²) in [6.45, 7) is 0.656. The number of rotatable bonds is 4. The van der Waals surface area contributed by atoms with Crippen LogP contribution in [0.3, 0.4) is 0 Å². The van der Waals surface area contributed by atoms with E-state index in [9.17, 15) is 9.59 Å². The van der Waals surface area contributed by atoms with Crippen molar-refractivity contribution in [2.75, 3.05) is 24.7 Å². The Labute approximate surface area is 126 Å². The Hall–Kier alpha value is -1.40. The molecular formula is C13H15ClN2O3S. The largest absolute Gasteiger partial charge is 0.495 e. The molecule has 0 radical (unpaired) electrons. The van der Waals surface area contributed by atoms with E-state index in [0.717, 1.165) is 5.75 Å². The third kappa shape index (κ3) is 3.80. The van der Waals surface area contributed by atoms with Gasteiger partial charge in [0.2, 0.25) is 11.8 Å². The second-order valence-corrected chi connectivity index (χ2v) is 5.99. The van der Waals surface area contributed by atoms with E-state index in [4.69, 9.17) is 16.3 Å². The van der Waals surface area contributed by atoms with Crippen LogP contribution in [-0.4, -0.2) is 36.5 Å². The molecule has 0 aromatic heterocycles. The van der Waals surface area contributed by atoms with E-state index in [0.29, 0.717) is 23.0 Å². The minimum atomic E-state index is -0.339. The van der Waals surface area contributed by atoms with Crippen LogP contribution < -0.4 is 15.4 Å². The van der Waals surface area contributed by atoms with Crippen molar-refractivity contribution in [3.63, 3.8) is 0 Å². The van der Waals surface area contributed by atoms with Crippen LogP contribution in [0.25, 0.3) is 0 Å². The lowest BCUT2D eigenvalue weighted by molar-refractivity contribution is -0.123. The number of nitrogens with one attached hydrogen (secondary N) is 2. The van der Waals surface area contributed by atoms with Gasteiger partial charge in [0.1, 0.15) is 5.75 Å². The second kappa shape index (κ2) is 6.85. The summed E-state index contributed by atoms with van der Waals surface area (Å²) < 4.78 is 5.15. The molecule has 2 rings (SSSR count). The molecule has 2 N–H and O–H groups in total. The molecule has 1 aromatic carbocycles. The Bertz CT molecular complexity index is 524. The van der Waals surface area contributed by atoms with E-state index in [-0.39, 0.29) is 23.5 Å². The van der Waals surface area contributed by atoms with E-state index >= 15 is 0 Å². The van der Waals surface area contributed by atoms with Gasteiger partial charge in [-0.2, -0.15) is 0 Å². The van der Waals surface area contributed by atoms with Crippen LogP contribution in [0.2, 0.25) is 5.02 Å². The Morgan fingerprint density at radius 3 is 3.10 bits per heavy atom. The van der Waals surface area contributed by atoms with Crippen LogP contribution in [0.4, 0.5) is 5.69 Å². The third-order valence-corrected chi connectivity index (χ3v) is 4.28. The first-order valence-corrected chi connectivity index (χ1v) is 7.55. The zero-order valence-corrected chi connectivity index (χ0v) is 12.5. The molecule has 1 aliphatic rings. The van der Waals surface area contributed by atoms with Gasteiger partial charge in [-0.25, -0.2) is 0 Å². The fraction of sp³-hybridized carbons (Fsp3) is 0.385. The van der Waals surface area contributed by atoms with Crippen LogP contribution in [-0.2, 0) is 9.59 Å². The highest BCUT2D eigenvalue weighted by Crippen LogP contribution is 2.28. The van der Waals surface area contributed by atoms with E-state index < -0.39 is 0 Å². The number of anilines is 1. The number of halogens is 1. The Morgan fingerprint density at radius 1 is 1.60 bits per heavy atom. The molecule has 0 unspecified atom stereocenters. The number of carbonyl (C=O) groups is 2. The molecule has 1 aliphatic heterocycles. The van der Waals surface area contributed by atoms with Crippen molar-refractivity contribution in [1.82, 2.24) is 5.32 Å². The molecule has 1 saturated heterocycles. The van der Waals surface area contributed by atoms with Crippen LogP contribution in [0.1, 0.15) is 6.42 Å². The second-order valence-electron chi connectivity index (χ2n) is 4.25. The predicted octanol–water partition coefficient (Wildman–Crippen LogP) is 1.91. The molecule has 2 amide bonds. The van der Waals surface area contributed by atoms with Crippen molar-refractivity contribution in [2.24, 2.45) is 0 Å². The molecular weight excluding hydrogens is 300 g/mol. The zero-order valence-electron chi connectivity index (χ0n) is 10.9. The summed E-state index contributed by atoms with van der Waals surface area (Å²) in [4.78, 5) is 23.6. The van der Waals surface area contributed by atoms with Crippen molar-refractivity contribution in [3.8, 4) is 5.75 Å². The molecule has 1 heterocycles. The standard InChI is InChI=1S/C13H15ClN2O3S/c1-19-10-3-2-8(14)6-9(10)16-12(17)7-11-13(18)15-4-5-20-11/h2-3,6,11H,4-5,7H2,1H3,(H,15,18)(H,16,17)/t11-/m1/s1. The molecule has 0 bridgehead atoms. The number of amides is 2. The highest BCUT2D eigenvalue weighted by molar-refractivity contribution is 8.00. The summed E-state index contributed by atoms with van der Waals surface area (Å²) >= 11 is 7.39. The number of thioether (sulfide) groups is 1. The third-order valence-electron chi connectivity index (χ3n) is 2.82. The number of methoxy groups -OCH3 is 1. The number of carbonyl (C=O) groups excluding carboxylic acids is 2. The van der Waals surface area contributed by atoms with Gasteiger partial charge in [-0.15, -0.1) is 11.8 Å². The molecule has 7 heteroatoms. The fourth-order valence-electron chi connectivity index (χ4n) is 1.86. The minimum Gasteiger partial charge on any atom is -0.495 e. The van der Waals surface area contributed by atoms with E-state index in [1.54, 1.807) is 18.2 Å². The van der Waals surface area contributed by atoms with Crippen molar-refractivity contribution < 1.29 is 14.3 Å². The molecule has 1 atom stereocenters. The lowest BCUT2D eigenvalue weighted by atomic mass is 10.2. The minimum absolute atomic E-state index is 0.0885. The summed E-state index contributed by atoms with van der Waals surface area (Å²) in [5, 5.41) is 5.64. The summed E-state index contributed by atoms with van der Waals surface area (Å²) in [6.07, 6.45) is 0.131. The van der Waals surface area contributed by atoms with Gasteiger partial charge in [0.05, 0.1) is 18.0 Å².